The van der Waals surface area contributed by atoms with Gasteiger partial charge in [-0.25, -0.2) is 4.98 Å². The standard InChI is InChI=1S/C14H20N2O/c1-13(2,3)9-7-15-8-10-11(9)16-12(17-10)14(4,5)6/h7-8H,1-6H3. The average molecular weight is 232 g/mol. The highest BCUT2D eigenvalue weighted by Crippen LogP contribution is 2.31. The van der Waals surface area contributed by atoms with Crippen LogP contribution in [0.15, 0.2) is 16.8 Å². The van der Waals surface area contributed by atoms with Gasteiger partial charge < -0.3 is 4.42 Å². The van der Waals surface area contributed by atoms with Crippen molar-refractivity contribution in [1.29, 1.82) is 0 Å². The van der Waals surface area contributed by atoms with E-state index in [4.69, 9.17) is 4.42 Å². The highest BCUT2D eigenvalue weighted by Gasteiger charge is 2.25. The summed E-state index contributed by atoms with van der Waals surface area (Å²) < 4.78 is 5.79. The molecule has 0 aromatic carbocycles. The van der Waals surface area contributed by atoms with Crippen molar-refractivity contribution in [3.05, 3.63) is 23.8 Å². The number of hydrogen-bond donors (Lipinski definition) is 0. The van der Waals surface area contributed by atoms with Crippen molar-refractivity contribution >= 4 is 11.1 Å². The molecule has 0 atom stereocenters. The minimum atomic E-state index is -0.0752. The van der Waals surface area contributed by atoms with Crippen LogP contribution in [0.25, 0.3) is 11.1 Å². The van der Waals surface area contributed by atoms with Gasteiger partial charge >= 0.3 is 0 Å². The van der Waals surface area contributed by atoms with Crippen LogP contribution in [0.3, 0.4) is 0 Å². The van der Waals surface area contributed by atoms with Crippen LogP contribution in [-0.2, 0) is 10.8 Å². The maximum atomic E-state index is 5.79. The van der Waals surface area contributed by atoms with Crippen molar-refractivity contribution in [3.63, 3.8) is 0 Å². The molecule has 0 aliphatic heterocycles. The third-order valence-corrected chi connectivity index (χ3v) is 2.75. The van der Waals surface area contributed by atoms with Crippen molar-refractivity contribution in [3.8, 4) is 0 Å². The molecule has 0 unspecified atom stereocenters. The molecule has 3 heteroatoms. The Morgan fingerprint density at radius 3 is 2.12 bits per heavy atom. The van der Waals surface area contributed by atoms with Gasteiger partial charge in [0.1, 0.15) is 5.52 Å². The van der Waals surface area contributed by atoms with Crippen LogP contribution in [0, 0.1) is 0 Å². The Balaban J connectivity index is 2.70. The zero-order valence-corrected chi connectivity index (χ0v) is 11.5. The number of pyridine rings is 1. The summed E-state index contributed by atoms with van der Waals surface area (Å²) in [6.45, 7) is 12.8. The molecule has 0 bridgehead atoms. The van der Waals surface area contributed by atoms with Gasteiger partial charge in [-0.3, -0.25) is 4.98 Å². The fraction of sp³-hybridized carbons (Fsp3) is 0.571. The van der Waals surface area contributed by atoms with E-state index in [0.717, 1.165) is 22.6 Å². The number of nitrogens with zero attached hydrogens (tertiary/aromatic N) is 2. The Morgan fingerprint density at radius 2 is 1.59 bits per heavy atom. The first-order valence-corrected chi connectivity index (χ1v) is 5.95. The Labute approximate surface area is 102 Å². The van der Waals surface area contributed by atoms with E-state index >= 15 is 0 Å². The summed E-state index contributed by atoms with van der Waals surface area (Å²) in [5.74, 6) is 0.769. The lowest BCUT2D eigenvalue weighted by Crippen LogP contribution is -2.13. The van der Waals surface area contributed by atoms with E-state index in [0.29, 0.717) is 0 Å². The van der Waals surface area contributed by atoms with Gasteiger partial charge in [0.15, 0.2) is 5.58 Å². The lowest BCUT2D eigenvalue weighted by molar-refractivity contribution is 0.410. The molecule has 0 N–H and O–H groups in total. The van der Waals surface area contributed by atoms with Gasteiger partial charge in [-0.1, -0.05) is 41.5 Å². The van der Waals surface area contributed by atoms with Gasteiger partial charge in [0.2, 0.25) is 5.89 Å². The van der Waals surface area contributed by atoms with Gasteiger partial charge in [0, 0.05) is 17.2 Å². The van der Waals surface area contributed by atoms with E-state index in [1.54, 1.807) is 6.20 Å². The molecule has 0 fully saturated rings. The molecular formula is C14H20N2O. The quantitative estimate of drug-likeness (QED) is 0.693. The molecular weight excluding hydrogens is 212 g/mol. The SMILES string of the molecule is CC(C)(C)c1nc2c(C(C)(C)C)cncc2o1. The van der Waals surface area contributed by atoms with Gasteiger partial charge in [-0.05, 0) is 5.41 Å². The zero-order valence-electron chi connectivity index (χ0n) is 11.5. The first-order valence-electron chi connectivity index (χ1n) is 5.95. The Bertz CT molecular complexity index is 541. The van der Waals surface area contributed by atoms with Crippen LogP contribution in [0.2, 0.25) is 0 Å². The number of fused-ring (bicyclic) bond motifs is 1. The largest absolute Gasteiger partial charge is 0.438 e. The first kappa shape index (κ1) is 12.1. The maximum absolute atomic E-state index is 5.79. The van der Waals surface area contributed by atoms with Crippen LogP contribution in [0.1, 0.15) is 53.0 Å². The number of aromatic nitrogens is 2. The van der Waals surface area contributed by atoms with Crippen LogP contribution >= 0.6 is 0 Å². The predicted molar refractivity (Wildman–Crippen MR) is 69.2 cm³/mol. The van der Waals surface area contributed by atoms with Crippen molar-refractivity contribution in [2.45, 2.75) is 52.4 Å². The van der Waals surface area contributed by atoms with Crippen molar-refractivity contribution in [2.24, 2.45) is 0 Å². The highest BCUT2D eigenvalue weighted by molar-refractivity contribution is 5.76. The van der Waals surface area contributed by atoms with Crippen molar-refractivity contribution in [1.82, 2.24) is 9.97 Å². The normalized spacial score (nSPS) is 13.3. The fourth-order valence-electron chi connectivity index (χ4n) is 1.72. The van der Waals surface area contributed by atoms with Crippen LogP contribution in [0.5, 0.6) is 0 Å². The minimum Gasteiger partial charge on any atom is -0.438 e. The summed E-state index contributed by atoms with van der Waals surface area (Å²) in [6.07, 6.45) is 3.63. The van der Waals surface area contributed by atoms with E-state index in [2.05, 4.69) is 51.5 Å². The number of rotatable bonds is 0. The zero-order chi connectivity index (χ0) is 12.8. The van der Waals surface area contributed by atoms with Gasteiger partial charge in [0.05, 0.1) is 6.20 Å². The molecule has 0 saturated heterocycles. The van der Waals surface area contributed by atoms with E-state index in [9.17, 15) is 0 Å². The van der Waals surface area contributed by atoms with E-state index < -0.39 is 0 Å². The Morgan fingerprint density at radius 1 is 0.941 bits per heavy atom. The summed E-state index contributed by atoms with van der Waals surface area (Å²) >= 11 is 0. The summed E-state index contributed by atoms with van der Waals surface area (Å²) in [6, 6.07) is 0. The molecule has 2 heterocycles. The summed E-state index contributed by atoms with van der Waals surface area (Å²) in [7, 11) is 0. The van der Waals surface area contributed by atoms with Crippen molar-refractivity contribution in [2.75, 3.05) is 0 Å². The highest BCUT2D eigenvalue weighted by atomic mass is 16.3. The lowest BCUT2D eigenvalue weighted by atomic mass is 9.87. The van der Waals surface area contributed by atoms with Crippen LogP contribution in [0.4, 0.5) is 0 Å². The second-order valence-electron chi connectivity index (χ2n) is 6.55. The molecule has 2 rings (SSSR count). The van der Waals surface area contributed by atoms with Gasteiger partial charge in [-0.2, -0.15) is 0 Å². The monoisotopic (exact) mass is 232 g/mol. The topological polar surface area (TPSA) is 38.9 Å². The predicted octanol–water partition coefficient (Wildman–Crippen LogP) is 3.82. The molecule has 0 radical (unpaired) electrons. The number of hydrogen-bond acceptors (Lipinski definition) is 3. The lowest BCUT2D eigenvalue weighted by Gasteiger charge is -2.18. The first-order chi connectivity index (χ1) is 7.69. The maximum Gasteiger partial charge on any atom is 0.200 e. The second-order valence-corrected chi connectivity index (χ2v) is 6.55. The molecule has 3 nitrogen and oxygen atoms in total. The molecule has 0 aliphatic rings. The minimum absolute atomic E-state index is 0.0263. The molecule has 92 valence electrons. The third kappa shape index (κ3) is 2.19. The summed E-state index contributed by atoms with van der Waals surface area (Å²) in [4.78, 5) is 8.88. The summed E-state index contributed by atoms with van der Waals surface area (Å²) in [5.41, 5.74) is 2.81. The number of oxazole rings is 1. The smallest absolute Gasteiger partial charge is 0.200 e. The molecule has 2 aromatic rings. The summed E-state index contributed by atoms with van der Waals surface area (Å²) in [5, 5.41) is 0. The molecule has 0 amide bonds. The van der Waals surface area contributed by atoms with Crippen LogP contribution in [-0.4, -0.2) is 9.97 Å². The fourth-order valence-corrected chi connectivity index (χ4v) is 1.72. The second kappa shape index (κ2) is 3.56. The van der Waals surface area contributed by atoms with E-state index in [1.807, 2.05) is 6.20 Å². The molecule has 2 aromatic heterocycles. The van der Waals surface area contributed by atoms with Crippen molar-refractivity contribution < 1.29 is 4.42 Å². The Kier molecular flexibility index (Phi) is 2.53. The third-order valence-electron chi connectivity index (χ3n) is 2.75. The van der Waals surface area contributed by atoms with Crippen LogP contribution < -0.4 is 0 Å². The van der Waals surface area contributed by atoms with Gasteiger partial charge in [-0.15, -0.1) is 0 Å². The van der Waals surface area contributed by atoms with Gasteiger partial charge in [0.25, 0.3) is 0 Å². The molecule has 0 spiro atoms. The van der Waals surface area contributed by atoms with E-state index in [1.165, 1.54) is 0 Å². The molecule has 0 saturated carbocycles. The Hall–Kier alpha value is -1.38. The average Bonchev–Trinajstić information content (AvgIpc) is 2.57. The van der Waals surface area contributed by atoms with E-state index in [-0.39, 0.29) is 10.8 Å². The molecule has 17 heavy (non-hydrogen) atoms. The molecule has 0 aliphatic carbocycles.